The molecular formula is C28H17ClN2. The van der Waals surface area contributed by atoms with E-state index in [1.807, 2.05) is 12.1 Å². The van der Waals surface area contributed by atoms with Gasteiger partial charge in [0.2, 0.25) is 5.28 Å². The lowest BCUT2D eigenvalue weighted by Gasteiger charge is -2.10. The van der Waals surface area contributed by atoms with Crippen molar-refractivity contribution in [3.8, 4) is 22.4 Å². The smallest absolute Gasteiger partial charge is 0.218 e. The average Bonchev–Trinajstić information content (AvgIpc) is 2.82. The van der Waals surface area contributed by atoms with E-state index in [1.165, 1.54) is 21.5 Å². The Balaban J connectivity index is 1.52. The lowest BCUT2D eigenvalue weighted by molar-refractivity contribution is 1.23. The van der Waals surface area contributed by atoms with Crippen molar-refractivity contribution in [2.45, 2.75) is 0 Å². The van der Waals surface area contributed by atoms with Crippen LogP contribution in [-0.4, -0.2) is 9.97 Å². The van der Waals surface area contributed by atoms with E-state index in [-0.39, 0.29) is 5.28 Å². The number of aromatic nitrogens is 2. The molecule has 0 saturated carbocycles. The monoisotopic (exact) mass is 416 g/mol. The van der Waals surface area contributed by atoms with Crippen molar-refractivity contribution in [3.63, 3.8) is 0 Å². The molecule has 0 amide bonds. The Morgan fingerprint density at radius 1 is 0.484 bits per heavy atom. The summed E-state index contributed by atoms with van der Waals surface area (Å²) >= 11 is 6.35. The van der Waals surface area contributed by atoms with Crippen LogP contribution in [-0.2, 0) is 0 Å². The van der Waals surface area contributed by atoms with E-state index >= 15 is 0 Å². The van der Waals surface area contributed by atoms with Gasteiger partial charge >= 0.3 is 0 Å². The predicted molar refractivity (Wildman–Crippen MR) is 130 cm³/mol. The molecule has 146 valence electrons. The number of fused-ring (bicyclic) bond motifs is 3. The first kappa shape index (κ1) is 18.1. The Labute approximate surface area is 184 Å². The van der Waals surface area contributed by atoms with Gasteiger partial charge in [-0.25, -0.2) is 9.97 Å². The highest BCUT2D eigenvalue weighted by atomic mass is 35.5. The molecule has 0 atom stereocenters. The normalized spacial score (nSPS) is 11.4. The van der Waals surface area contributed by atoms with Crippen molar-refractivity contribution in [2.75, 3.05) is 0 Å². The topological polar surface area (TPSA) is 25.8 Å². The second-order valence-corrected chi connectivity index (χ2v) is 8.04. The minimum Gasteiger partial charge on any atom is -0.218 e. The van der Waals surface area contributed by atoms with Crippen molar-refractivity contribution in [1.29, 1.82) is 0 Å². The molecule has 0 aliphatic carbocycles. The van der Waals surface area contributed by atoms with Crippen molar-refractivity contribution in [2.24, 2.45) is 0 Å². The first-order valence-corrected chi connectivity index (χ1v) is 10.6. The molecule has 1 heterocycles. The lowest BCUT2D eigenvalue weighted by atomic mass is 9.98. The maximum atomic E-state index is 6.35. The number of halogens is 1. The van der Waals surface area contributed by atoms with Gasteiger partial charge in [0.15, 0.2) is 0 Å². The fraction of sp³-hybridized carbons (Fsp3) is 0. The summed E-state index contributed by atoms with van der Waals surface area (Å²) in [5.41, 5.74) is 4.99. The third-order valence-corrected chi connectivity index (χ3v) is 5.94. The van der Waals surface area contributed by atoms with Crippen LogP contribution in [0.3, 0.4) is 0 Å². The summed E-state index contributed by atoms with van der Waals surface area (Å²) < 4.78 is 0. The van der Waals surface area contributed by atoms with E-state index in [0.717, 1.165) is 33.3 Å². The molecular weight excluding hydrogens is 400 g/mol. The summed E-state index contributed by atoms with van der Waals surface area (Å²) in [5.74, 6) is 0. The predicted octanol–water partition coefficient (Wildman–Crippen LogP) is 7.92. The highest BCUT2D eigenvalue weighted by molar-refractivity contribution is 6.29. The summed E-state index contributed by atoms with van der Waals surface area (Å²) in [6.45, 7) is 0. The number of nitrogens with zero attached hydrogens (tertiary/aromatic N) is 2. The van der Waals surface area contributed by atoms with Crippen LogP contribution in [0.2, 0.25) is 5.28 Å². The van der Waals surface area contributed by atoms with Crippen LogP contribution in [0.5, 0.6) is 0 Å². The molecule has 5 aromatic carbocycles. The molecule has 2 nitrogen and oxygen atoms in total. The van der Waals surface area contributed by atoms with Gasteiger partial charge in [-0.3, -0.25) is 0 Å². The molecule has 0 aliphatic heterocycles. The van der Waals surface area contributed by atoms with Gasteiger partial charge in [-0.15, -0.1) is 0 Å². The summed E-state index contributed by atoms with van der Waals surface area (Å²) in [6, 6.07) is 35.9. The molecule has 0 fully saturated rings. The SMILES string of the molecule is Clc1nc(-c2ccc3ccccc3c2)c2ccc(-c3ccc4ccccc4c3)cc2n1. The van der Waals surface area contributed by atoms with Crippen molar-refractivity contribution in [1.82, 2.24) is 9.97 Å². The zero-order valence-electron chi connectivity index (χ0n) is 16.6. The Bertz CT molecular complexity index is 1600. The summed E-state index contributed by atoms with van der Waals surface area (Å²) in [4.78, 5) is 9.10. The maximum absolute atomic E-state index is 6.35. The van der Waals surface area contributed by atoms with E-state index in [2.05, 4.69) is 101 Å². The summed E-state index contributed by atoms with van der Waals surface area (Å²) in [6.07, 6.45) is 0. The first-order chi connectivity index (χ1) is 15.2. The van der Waals surface area contributed by atoms with E-state index in [4.69, 9.17) is 11.6 Å². The molecule has 6 aromatic rings. The molecule has 0 N–H and O–H groups in total. The van der Waals surface area contributed by atoms with Gasteiger partial charge in [-0.05, 0) is 68.5 Å². The van der Waals surface area contributed by atoms with Gasteiger partial charge in [-0.2, -0.15) is 0 Å². The van der Waals surface area contributed by atoms with Gasteiger partial charge in [-0.1, -0.05) is 78.9 Å². The van der Waals surface area contributed by atoms with Crippen LogP contribution in [0.15, 0.2) is 103 Å². The van der Waals surface area contributed by atoms with Crippen LogP contribution < -0.4 is 0 Å². The van der Waals surface area contributed by atoms with Crippen LogP contribution in [0, 0.1) is 0 Å². The van der Waals surface area contributed by atoms with Gasteiger partial charge in [0, 0.05) is 10.9 Å². The number of hydrogen-bond acceptors (Lipinski definition) is 2. The standard InChI is InChI=1S/C28H17ClN2/c29-28-30-26-17-23(22-11-9-18-5-1-3-7-20(18)15-22)13-14-25(26)27(31-28)24-12-10-19-6-2-4-8-21(19)16-24/h1-17H. The summed E-state index contributed by atoms with van der Waals surface area (Å²) in [5, 5.41) is 6.08. The highest BCUT2D eigenvalue weighted by Gasteiger charge is 2.11. The Morgan fingerprint density at radius 3 is 1.74 bits per heavy atom. The molecule has 6 rings (SSSR count). The first-order valence-electron chi connectivity index (χ1n) is 10.2. The third kappa shape index (κ3) is 3.22. The third-order valence-electron chi connectivity index (χ3n) is 5.78. The number of benzene rings is 5. The molecule has 31 heavy (non-hydrogen) atoms. The zero-order valence-corrected chi connectivity index (χ0v) is 17.3. The Hall–Kier alpha value is -3.75. The Morgan fingerprint density at radius 2 is 1.03 bits per heavy atom. The maximum Gasteiger partial charge on any atom is 0.223 e. The highest BCUT2D eigenvalue weighted by Crippen LogP contribution is 2.33. The fourth-order valence-electron chi connectivity index (χ4n) is 4.21. The minimum atomic E-state index is 0.256. The second-order valence-electron chi connectivity index (χ2n) is 7.70. The van der Waals surface area contributed by atoms with Crippen LogP contribution in [0.25, 0.3) is 54.8 Å². The minimum absolute atomic E-state index is 0.256. The zero-order chi connectivity index (χ0) is 20.8. The molecule has 1 aromatic heterocycles. The van der Waals surface area contributed by atoms with Crippen LogP contribution in [0.1, 0.15) is 0 Å². The quantitative estimate of drug-likeness (QED) is 0.268. The molecule has 0 bridgehead atoms. The molecule has 0 aliphatic rings. The number of hydrogen-bond donors (Lipinski definition) is 0. The van der Waals surface area contributed by atoms with Crippen LogP contribution in [0.4, 0.5) is 0 Å². The van der Waals surface area contributed by atoms with E-state index < -0.39 is 0 Å². The second kappa shape index (κ2) is 7.19. The molecule has 3 heteroatoms. The molecule has 0 spiro atoms. The van der Waals surface area contributed by atoms with Crippen LogP contribution >= 0.6 is 11.6 Å². The van der Waals surface area contributed by atoms with Crippen molar-refractivity contribution >= 4 is 44.0 Å². The largest absolute Gasteiger partial charge is 0.223 e. The van der Waals surface area contributed by atoms with Gasteiger partial charge in [0.25, 0.3) is 0 Å². The van der Waals surface area contributed by atoms with Crippen molar-refractivity contribution < 1.29 is 0 Å². The number of rotatable bonds is 2. The average molecular weight is 417 g/mol. The van der Waals surface area contributed by atoms with Gasteiger partial charge in [0.05, 0.1) is 11.2 Å². The van der Waals surface area contributed by atoms with Crippen molar-refractivity contribution in [3.05, 3.63) is 108 Å². The Kier molecular flexibility index (Phi) is 4.19. The van der Waals surface area contributed by atoms with Gasteiger partial charge < -0.3 is 0 Å². The lowest BCUT2D eigenvalue weighted by Crippen LogP contribution is -1.92. The van der Waals surface area contributed by atoms with Gasteiger partial charge in [0.1, 0.15) is 0 Å². The molecule has 0 radical (unpaired) electrons. The van der Waals surface area contributed by atoms with E-state index in [0.29, 0.717) is 0 Å². The van der Waals surface area contributed by atoms with E-state index in [9.17, 15) is 0 Å². The fourth-order valence-corrected chi connectivity index (χ4v) is 4.38. The molecule has 0 unspecified atom stereocenters. The molecule has 0 saturated heterocycles. The summed E-state index contributed by atoms with van der Waals surface area (Å²) in [7, 11) is 0. The van der Waals surface area contributed by atoms with E-state index in [1.54, 1.807) is 0 Å².